The molecular weight excluding hydrogens is 703 g/mol. The van der Waals surface area contributed by atoms with E-state index in [2.05, 4.69) is 30.6 Å². The van der Waals surface area contributed by atoms with Gasteiger partial charge in [-0.25, -0.2) is 9.97 Å². The summed E-state index contributed by atoms with van der Waals surface area (Å²) in [5.74, 6) is -0.618. The summed E-state index contributed by atoms with van der Waals surface area (Å²) < 4.78 is 0. The number of carbonyl (C=O) groups is 2. The number of aromatic amines is 2. The quantitative estimate of drug-likeness (QED) is 0.0583. The van der Waals surface area contributed by atoms with Gasteiger partial charge in [0.25, 0.3) is 11.4 Å². The molecule has 6 rings (SSSR count). The van der Waals surface area contributed by atoms with Crippen LogP contribution in [-0.2, 0) is 9.59 Å². The Kier molecular flexibility index (Phi) is 9.49. The Balaban J connectivity index is 1.03. The van der Waals surface area contributed by atoms with E-state index in [0.29, 0.717) is 53.8 Å². The molecule has 0 aliphatic rings. The number of nitrogens with zero attached hydrogens (tertiary/aromatic N) is 4. The number of rotatable bonds is 11. The fourth-order valence-corrected chi connectivity index (χ4v) is 6.37. The van der Waals surface area contributed by atoms with E-state index in [4.69, 9.17) is 23.2 Å². The van der Waals surface area contributed by atoms with Crippen LogP contribution in [0.3, 0.4) is 0 Å². The zero-order valence-corrected chi connectivity index (χ0v) is 27.3. The minimum Gasteiger partial charge on any atom is -0.333 e. The van der Waals surface area contributed by atoms with Crippen LogP contribution in [0.1, 0.15) is 0 Å². The van der Waals surface area contributed by atoms with Crippen LogP contribution in [0.4, 0.5) is 22.7 Å². The monoisotopic (exact) mass is 722 g/mol. The zero-order valence-electron chi connectivity index (χ0n) is 24.2. The molecule has 0 fully saturated rings. The first-order valence-electron chi connectivity index (χ1n) is 13.8. The minimum atomic E-state index is -0.492. The maximum Gasteiger partial charge on any atom is 0.271 e. The highest BCUT2D eigenvalue weighted by molar-refractivity contribution is 8.00. The van der Waals surface area contributed by atoms with Crippen molar-refractivity contribution in [3.05, 3.63) is 103 Å². The molecule has 0 spiro atoms. The molecule has 2 heterocycles. The number of nitro benzene ring substituents is 2. The van der Waals surface area contributed by atoms with Crippen LogP contribution >= 0.6 is 46.7 Å². The van der Waals surface area contributed by atoms with Gasteiger partial charge in [0.2, 0.25) is 11.8 Å². The lowest BCUT2D eigenvalue weighted by atomic mass is 10.0. The van der Waals surface area contributed by atoms with Gasteiger partial charge in [-0.1, -0.05) is 58.9 Å². The largest absolute Gasteiger partial charge is 0.333 e. The first kappa shape index (κ1) is 32.8. The van der Waals surface area contributed by atoms with Crippen LogP contribution in [0.15, 0.2) is 83.1 Å². The lowest BCUT2D eigenvalue weighted by molar-refractivity contribution is -0.384. The van der Waals surface area contributed by atoms with Crippen LogP contribution in [-0.4, -0.2) is 53.1 Å². The van der Waals surface area contributed by atoms with Crippen LogP contribution < -0.4 is 10.6 Å². The summed E-state index contributed by atoms with van der Waals surface area (Å²) >= 11 is 15.2. The number of hydrogen-bond acceptors (Lipinski definition) is 10. The summed E-state index contributed by atoms with van der Waals surface area (Å²) in [6.07, 6.45) is 0. The second-order valence-electron chi connectivity index (χ2n) is 10.1. The minimum absolute atomic E-state index is 0.0182. The summed E-state index contributed by atoms with van der Waals surface area (Å²) in [7, 11) is 0. The van der Waals surface area contributed by atoms with Crippen LogP contribution in [0.25, 0.3) is 33.2 Å². The number of aromatic nitrogens is 4. The number of halogens is 2. The molecule has 2 amide bonds. The lowest BCUT2D eigenvalue weighted by Gasteiger charge is -2.11. The second-order valence-corrected chi connectivity index (χ2v) is 12.8. The number of fused-ring (bicyclic) bond motifs is 2. The number of amides is 2. The molecule has 0 saturated carbocycles. The summed E-state index contributed by atoms with van der Waals surface area (Å²) in [6, 6.07) is 18.8. The molecule has 4 aromatic carbocycles. The van der Waals surface area contributed by atoms with Crippen molar-refractivity contribution in [2.45, 2.75) is 10.3 Å². The molecule has 242 valence electrons. The number of hydrogen-bond donors (Lipinski definition) is 4. The third-order valence-corrected chi connectivity index (χ3v) is 9.18. The van der Waals surface area contributed by atoms with Gasteiger partial charge in [-0.3, -0.25) is 29.8 Å². The van der Waals surface area contributed by atoms with Crippen LogP contribution in [0, 0.1) is 20.2 Å². The number of benzene rings is 4. The highest BCUT2D eigenvalue weighted by atomic mass is 35.5. The summed E-state index contributed by atoms with van der Waals surface area (Å²) in [5.41, 5.74) is 4.23. The zero-order chi connectivity index (χ0) is 33.9. The second kappa shape index (κ2) is 13.9. The van der Waals surface area contributed by atoms with E-state index in [1.165, 1.54) is 36.4 Å². The topological polar surface area (TPSA) is 202 Å². The van der Waals surface area contributed by atoms with E-state index < -0.39 is 9.85 Å². The van der Waals surface area contributed by atoms with Gasteiger partial charge in [0.05, 0.1) is 64.8 Å². The summed E-state index contributed by atoms with van der Waals surface area (Å²) in [4.78, 5) is 60.9. The molecule has 18 heteroatoms. The maximum absolute atomic E-state index is 12.6. The Hall–Kier alpha value is -5.16. The molecule has 6 aromatic rings. The molecule has 48 heavy (non-hydrogen) atoms. The Morgan fingerprint density at radius 1 is 0.667 bits per heavy atom. The predicted molar refractivity (Wildman–Crippen MR) is 186 cm³/mol. The summed E-state index contributed by atoms with van der Waals surface area (Å²) in [6.45, 7) is 0. The third-order valence-electron chi connectivity index (χ3n) is 6.81. The molecule has 0 atom stereocenters. The average molecular weight is 724 g/mol. The standard InChI is InChI=1S/C30H20Cl2N8O6S2/c31-19-9-15(1-5-21(19)33-27(41)13-47-29-35-23-7-3-17(39(43)44)11-25(23)37-29)16-2-6-22(20(32)10-16)34-28(42)14-48-30-36-24-8-4-18(40(45)46)12-26(24)38-30/h1-12H,13-14H2,(H,33,41)(H,34,42)(H,35,37)(H,36,38). The molecule has 14 nitrogen and oxygen atoms in total. The van der Waals surface area contributed by atoms with Crippen LogP contribution in [0.2, 0.25) is 10.0 Å². The number of imidazole rings is 2. The van der Waals surface area contributed by atoms with E-state index in [0.717, 1.165) is 34.7 Å². The average Bonchev–Trinajstić information content (AvgIpc) is 3.67. The van der Waals surface area contributed by atoms with E-state index in [1.54, 1.807) is 36.4 Å². The Bertz CT molecular complexity index is 2100. The number of anilines is 2. The maximum atomic E-state index is 12.6. The number of H-pyrrole nitrogens is 2. The normalized spacial score (nSPS) is 11.1. The fraction of sp³-hybridized carbons (Fsp3) is 0.0667. The van der Waals surface area contributed by atoms with Gasteiger partial charge < -0.3 is 20.6 Å². The van der Waals surface area contributed by atoms with Gasteiger partial charge in [-0.15, -0.1) is 0 Å². The molecule has 0 bridgehead atoms. The van der Waals surface area contributed by atoms with Gasteiger partial charge in [0, 0.05) is 24.3 Å². The molecule has 0 aliphatic heterocycles. The third kappa shape index (κ3) is 7.52. The highest BCUT2D eigenvalue weighted by Crippen LogP contribution is 2.33. The van der Waals surface area contributed by atoms with Crippen molar-refractivity contribution >= 4 is 103 Å². The predicted octanol–water partition coefficient (Wildman–Crippen LogP) is 7.69. The number of non-ortho nitro benzene ring substituents is 2. The smallest absolute Gasteiger partial charge is 0.271 e. The highest BCUT2D eigenvalue weighted by Gasteiger charge is 2.15. The number of nitrogens with one attached hydrogen (secondary N) is 4. The molecule has 4 N–H and O–H groups in total. The van der Waals surface area contributed by atoms with Crippen molar-refractivity contribution in [2.24, 2.45) is 0 Å². The van der Waals surface area contributed by atoms with E-state index in [9.17, 15) is 29.8 Å². The van der Waals surface area contributed by atoms with E-state index in [-0.39, 0.29) is 34.7 Å². The fourth-order valence-electron chi connectivity index (χ4n) is 4.54. The molecule has 0 saturated heterocycles. The van der Waals surface area contributed by atoms with Crippen molar-refractivity contribution in [3.8, 4) is 11.1 Å². The van der Waals surface area contributed by atoms with Crippen molar-refractivity contribution in [1.29, 1.82) is 0 Å². The van der Waals surface area contributed by atoms with E-state index in [1.807, 2.05) is 0 Å². The Labute approximate surface area is 288 Å². The van der Waals surface area contributed by atoms with Gasteiger partial charge in [-0.05, 0) is 47.5 Å². The Morgan fingerprint density at radius 3 is 1.46 bits per heavy atom. The molecule has 0 aliphatic carbocycles. The van der Waals surface area contributed by atoms with Crippen molar-refractivity contribution in [3.63, 3.8) is 0 Å². The first-order chi connectivity index (χ1) is 23.0. The van der Waals surface area contributed by atoms with Crippen molar-refractivity contribution < 1.29 is 19.4 Å². The molecular formula is C30H20Cl2N8O6S2. The van der Waals surface area contributed by atoms with E-state index >= 15 is 0 Å². The van der Waals surface area contributed by atoms with Crippen LogP contribution in [0.5, 0.6) is 0 Å². The van der Waals surface area contributed by atoms with Gasteiger partial charge >= 0.3 is 0 Å². The van der Waals surface area contributed by atoms with Gasteiger partial charge in [0.15, 0.2) is 10.3 Å². The van der Waals surface area contributed by atoms with Crippen molar-refractivity contribution in [1.82, 2.24) is 19.9 Å². The SMILES string of the molecule is O=C(CSc1nc2ccc([N+](=O)[O-])cc2[nH]1)Nc1ccc(-c2ccc(NC(=O)CSc3nc4ccc([N+](=O)[O-])cc4[nH]3)c(Cl)c2)cc1Cl. The lowest BCUT2D eigenvalue weighted by Crippen LogP contribution is -2.14. The molecule has 2 aromatic heterocycles. The number of carbonyl (C=O) groups excluding carboxylic acids is 2. The Morgan fingerprint density at radius 2 is 1.08 bits per heavy atom. The number of thioether (sulfide) groups is 2. The molecule has 0 unspecified atom stereocenters. The van der Waals surface area contributed by atoms with Crippen molar-refractivity contribution in [2.75, 3.05) is 22.1 Å². The van der Waals surface area contributed by atoms with Gasteiger partial charge in [0.1, 0.15) is 0 Å². The number of nitro groups is 2. The molecule has 0 radical (unpaired) electrons. The van der Waals surface area contributed by atoms with Gasteiger partial charge in [-0.2, -0.15) is 0 Å². The first-order valence-corrected chi connectivity index (χ1v) is 16.5. The summed E-state index contributed by atoms with van der Waals surface area (Å²) in [5, 5.41) is 29.0.